The smallest absolute Gasteiger partial charge is 0.191 e. The van der Waals surface area contributed by atoms with E-state index in [2.05, 4.69) is 57.8 Å². The molecule has 1 saturated carbocycles. The fourth-order valence-electron chi connectivity index (χ4n) is 3.84. The van der Waals surface area contributed by atoms with Crippen LogP contribution in [0.5, 0.6) is 0 Å². The fraction of sp³-hybridized carbons (Fsp3) is 0.632. The van der Waals surface area contributed by atoms with Crippen LogP contribution in [0.15, 0.2) is 35.3 Å². The van der Waals surface area contributed by atoms with E-state index in [0.29, 0.717) is 11.5 Å². The van der Waals surface area contributed by atoms with Gasteiger partial charge in [-0.15, -0.1) is 24.0 Å². The van der Waals surface area contributed by atoms with Gasteiger partial charge in [0.2, 0.25) is 0 Å². The van der Waals surface area contributed by atoms with Crippen LogP contribution in [0.1, 0.15) is 39.0 Å². The number of aliphatic imine (C=N–C) groups is 1. The number of hydrogen-bond acceptors (Lipinski definition) is 2. The van der Waals surface area contributed by atoms with Crippen LogP contribution in [0.2, 0.25) is 0 Å². The van der Waals surface area contributed by atoms with Crippen molar-refractivity contribution in [3.63, 3.8) is 0 Å². The Morgan fingerprint density at radius 1 is 1.25 bits per heavy atom. The number of nitrogens with zero attached hydrogens (tertiary/aromatic N) is 2. The van der Waals surface area contributed by atoms with E-state index < -0.39 is 0 Å². The molecule has 0 spiro atoms. The van der Waals surface area contributed by atoms with Crippen molar-refractivity contribution >= 4 is 35.6 Å². The highest BCUT2D eigenvalue weighted by atomic mass is 127. The zero-order valence-electron chi connectivity index (χ0n) is 14.9. The average molecular weight is 442 g/mol. The minimum Gasteiger partial charge on any atom is -0.369 e. The van der Waals surface area contributed by atoms with Gasteiger partial charge in [0.15, 0.2) is 5.96 Å². The predicted molar refractivity (Wildman–Crippen MR) is 114 cm³/mol. The minimum atomic E-state index is 0. The number of rotatable bonds is 4. The van der Waals surface area contributed by atoms with E-state index in [4.69, 9.17) is 0 Å². The number of anilines is 1. The molecule has 134 valence electrons. The van der Waals surface area contributed by atoms with E-state index in [9.17, 15) is 0 Å². The van der Waals surface area contributed by atoms with E-state index in [0.717, 1.165) is 32.0 Å². The predicted octanol–water partition coefficient (Wildman–Crippen LogP) is 3.63. The molecule has 0 radical (unpaired) electrons. The summed E-state index contributed by atoms with van der Waals surface area (Å²) >= 11 is 0. The van der Waals surface area contributed by atoms with Gasteiger partial charge in [-0.25, -0.2) is 0 Å². The molecule has 1 aliphatic heterocycles. The molecule has 1 saturated heterocycles. The van der Waals surface area contributed by atoms with Crippen LogP contribution in [-0.2, 0) is 0 Å². The van der Waals surface area contributed by atoms with Gasteiger partial charge < -0.3 is 15.5 Å². The van der Waals surface area contributed by atoms with Crippen LogP contribution >= 0.6 is 24.0 Å². The molecule has 4 nitrogen and oxygen atoms in total. The molecule has 2 aliphatic rings. The van der Waals surface area contributed by atoms with E-state index in [1.165, 1.54) is 31.4 Å². The third kappa shape index (κ3) is 5.01. The van der Waals surface area contributed by atoms with Gasteiger partial charge >= 0.3 is 0 Å². The van der Waals surface area contributed by atoms with Crippen LogP contribution in [0.25, 0.3) is 0 Å². The molecule has 1 unspecified atom stereocenters. The van der Waals surface area contributed by atoms with Crippen LogP contribution in [-0.4, -0.2) is 38.7 Å². The standard InChI is InChI=1S/C19H30N4.HI/c1-19(11-6-7-12-19)15-21-18(20-2)22-16-10-13-23(14-16)17-8-4-3-5-9-17;/h3-5,8-9,16H,6-7,10-15H2,1-2H3,(H2,20,21,22);1H. The molecule has 2 N–H and O–H groups in total. The molecule has 0 aromatic heterocycles. The lowest BCUT2D eigenvalue weighted by molar-refractivity contribution is 0.333. The summed E-state index contributed by atoms with van der Waals surface area (Å²) < 4.78 is 0. The summed E-state index contributed by atoms with van der Waals surface area (Å²) in [6.45, 7) is 5.58. The highest BCUT2D eigenvalue weighted by Gasteiger charge is 2.29. The third-order valence-corrected chi connectivity index (χ3v) is 5.37. The number of benzene rings is 1. The topological polar surface area (TPSA) is 39.7 Å². The maximum Gasteiger partial charge on any atom is 0.191 e. The van der Waals surface area contributed by atoms with Crippen molar-refractivity contribution in [2.45, 2.75) is 45.1 Å². The van der Waals surface area contributed by atoms with Crippen LogP contribution in [0.3, 0.4) is 0 Å². The summed E-state index contributed by atoms with van der Waals surface area (Å²) in [5.41, 5.74) is 1.77. The molecular formula is C19H31IN4. The molecule has 24 heavy (non-hydrogen) atoms. The molecule has 2 fully saturated rings. The number of hydrogen-bond donors (Lipinski definition) is 2. The first kappa shape index (κ1) is 19.3. The second kappa shape index (κ2) is 8.92. The average Bonchev–Trinajstić information content (AvgIpc) is 3.22. The van der Waals surface area contributed by atoms with Gasteiger partial charge in [-0.05, 0) is 36.8 Å². The lowest BCUT2D eigenvalue weighted by Gasteiger charge is -2.26. The first-order valence-corrected chi connectivity index (χ1v) is 8.96. The molecule has 3 rings (SSSR count). The normalized spacial score (nSPS) is 23.0. The van der Waals surface area contributed by atoms with Crippen molar-refractivity contribution in [1.82, 2.24) is 10.6 Å². The molecular weight excluding hydrogens is 411 g/mol. The summed E-state index contributed by atoms with van der Waals surface area (Å²) in [6.07, 6.45) is 6.58. The Kier molecular flexibility index (Phi) is 7.19. The summed E-state index contributed by atoms with van der Waals surface area (Å²) in [7, 11) is 1.87. The zero-order chi connectivity index (χ0) is 16.1. The second-order valence-electron chi connectivity index (χ2n) is 7.36. The summed E-state index contributed by atoms with van der Waals surface area (Å²) in [6, 6.07) is 11.1. The van der Waals surface area contributed by atoms with Crippen molar-refractivity contribution in [3.05, 3.63) is 30.3 Å². The third-order valence-electron chi connectivity index (χ3n) is 5.37. The Morgan fingerprint density at radius 3 is 2.62 bits per heavy atom. The molecule has 5 heteroatoms. The van der Waals surface area contributed by atoms with Crippen molar-refractivity contribution in [2.24, 2.45) is 10.4 Å². The van der Waals surface area contributed by atoms with Crippen LogP contribution in [0, 0.1) is 5.41 Å². The summed E-state index contributed by atoms with van der Waals surface area (Å²) in [5.74, 6) is 0.957. The van der Waals surface area contributed by atoms with Gasteiger partial charge in [-0.3, -0.25) is 4.99 Å². The van der Waals surface area contributed by atoms with Crippen molar-refractivity contribution < 1.29 is 0 Å². The summed E-state index contributed by atoms with van der Waals surface area (Å²) in [4.78, 5) is 6.86. The van der Waals surface area contributed by atoms with Gasteiger partial charge in [-0.2, -0.15) is 0 Å². The fourth-order valence-corrected chi connectivity index (χ4v) is 3.84. The zero-order valence-corrected chi connectivity index (χ0v) is 17.3. The monoisotopic (exact) mass is 442 g/mol. The van der Waals surface area contributed by atoms with Gasteiger partial charge in [0.25, 0.3) is 0 Å². The van der Waals surface area contributed by atoms with E-state index in [1.54, 1.807) is 0 Å². The lowest BCUT2D eigenvalue weighted by atomic mass is 9.89. The number of halogens is 1. The molecule has 1 atom stereocenters. The van der Waals surface area contributed by atoms with Gasteiger partial charge in [0, 0.05) is 38.4 Å². The van der Waals surface area contributed by atoms with Crippen molar-refractivity contribution in [1.29, 1.82) is 0 Å². The maximum absolute atomic E-state index is 4.42. The van der Waals surface area contributed by atoms with E-state index in [1.807, 2.05) is 7.05 Å². The SMILES string of the molecule is CN=C(NCC1(C)CCCC1)NC1CCN(c2ccccc2)C1.I. The van der Waals surface area contributed by atoms with E-state index >= 15 is 0 Å². The summed E-state index contributed by atoms with van der Waals surface area (Å²) in [5, 5.41) is 7.16. The lowest BCUT2D eigenvalue weighted by Crippen LogP contribution is -2.47. The van der Waals surface area contributed by atoms with Crippen molar-refractivity contribution in [2.75, 3.05) is 31.6 Å². The molecule has 1 aromatic rings. The van der Waals surface area contributed by atoms with Crippen LogP contribution < -0.4 is 15.5 Å². The largest absolute Gasteiger partial charge is 0.369 e. The van der Waals surface area contributed by atoms with Crippen LogP contribution in [0.4, 0.5) is 5.69 Å². The molecule has 1 heterocycles. The first-order chi connectivity index (χ1) is 11.2. The second-order valence-corrected chi connectivity index (χ2v) is 7.36. The number of guanidine groups is 1. The Labute approximate surface area is 163 Å². The Bertz CT molecular complexity index is 525. The number of nitrogens with one attached hydrogen (secondary N) is 2. The highest BCUT2D eigenvalue weighted by molar-refractivity contribution is 14.0. The Hall–Kier alpha value is -0.980. The van der Waals surface area contributed by atoms with Gasteiger partial charge in [0.05, 0.1) is 0 Å². The van der Waals surface area contributed by atoms with E-state index in [-0.39, 0.29) is 24.0 Å². The Balaban J connectivity index is 0.00000208. The maximum atomic E-state index is 4.42. The quantitative estimate of drug-likeness (QED) is 0.425. The Morgan fingerprint density at radius 2 is 1.96 bits per heavy atom. The molecule has 1 aromatic carbocycles. The molecule has 0 bridgehead atoms. The minimum absolute atomic E-state index is 0. The first-order valence-electron chi connectivity index (χ1n) is 8.96. The molecule has 0 amide bonds. The number of para-hydroxylation sites is 1. The molecule has 1 aliphatic carbocycles. The van der Waals surface area contributed by atoms with Gasteiger partial charge in [0.1, 0.15) is 0 Å². The van der Waals surface area contributed by atoms with Crippen molar-refractivity contribution in [3.8, 4) is 0 Å². The highest BCUT2D eigenvalue weighted by Crippen LogP contribution is 2.36. The van der Waals surface area contributed by atoms with Gasteiger partial charge in [-0.1, -0.05) is 38.0 Å².